The molecular formula is C15H11N3. The molecule has 86 valence electrons. The maximum Gasteiger partial charge on any atom is 0.101 e. The van der Waals surface area contributed by atoms with Gasteiger partial charge in [-0.05, 0) is 30.3 Å². The number of para-hydroxylation sites is 1. The normalized spacial score (nSPS) is 9.28. The zero-order valence-corrected chi connectivity index (χ0v) is 9.96. The van der Waals surface area contributed by atoms with Gasteiger partial charge in [0.1, 0.15) is 6.07 Å². The van der Waals surface area contributed by atoms with E-state index in [-0.39, 0.29) is 0 Å². The van der Waals surface area contributed by atoms with Crippen molar-refractivity contribution in [1.29, 1.82) is 10.5 Å². The molecule has 0 aromatic heterocycles. The second kappa shape index (κ2) is 5.03. The Bertz CT molecular complexity index is 647. The van der Waals surface area contributed by atoms with Gasteiger partial charge in [-0.2, -0.15) is 10.5 Å². The second-order valence-corrected chi connectivity index (χ2v) is 3.85. The van der Waals surface area contributed by atoms with E-state index in [9.17, 15) is 0 Å². The molecular weight excluding hydrogens is 222 g/mol. The van der Waals surface area contributed by atoms with Crippen LogP contribution in [0.3, 0.4) is 0 Å². The van der Waals surface area contributed by atoms with E-state index in [4.69, 9.17) is 10.5 Å². The lowest BCUT2D eigenvalue weighted by molar-refractivity contribution is 1.20. The van der Waals surface area contributed by atoms with Crippen molar-refractivity contribution in [2.45, 2.75) is 0 Å². The van der Waals surface area contributed by atoms with Crippen molar-refractivity contribution >= 4 is 11.4 Å². The SMILES string of the molecule is CN(c1cccc(C#N)c1)c1ccccc1C#N. The number of nitriles is 2. The highest BCUT2D eigenvalue weighted by Gasteiger charge is 2.08. The third-order valence-corrected chi connectivity index (χ3v) is 2.75. The van der Waals surface area contributed by atoms with Crippen molar-refractivity contribution in [2.75, 3.05) is 11.9 Å². The summed E-state index contributed by atoms with van der Waals surface area (Å²) in [6, 6.07) is 19.0. The van der Waals surface area contributed by atoms with Crippen LogP contribution in [0.5, 0.6) is 0 Å². The average Bonchev–Trinajstić information content (AvgIpc) is 2.46. The standard InChI is InChI=1S/C15H11N3/c1-18(14-7-4-5-12(9-14)10-16)15-8-3-2-6-13(15)11-17/h2-9H,1H3. The molecule has 2 aromatic rings. The zero-order chi connectivity index (χ0) is 13.0. The van der Waals surface area contributed by atoms with E-state index in [1.807, 2.05) is 42.3 Å². The highest BCUT2D eigenvalue weighted by molar-refractivity contribution is 5.69. The van der Waals surface area contributed by atoms with Gasteiger partial charge in [0.2, 0.25) is 0 Å². The average molecular weight is 233 g/mol. The molecule has 0 radical (unpaired) electrons. The first-order valence-corrected chi connectivity index (χ1v) is 5.49. The summed E-state index contributed by atoms with van der Waals surface area (Å²) in [5.41, 5.74) is 2.93. The fraction of sp³-hybridized carbons (Fsp3) is 0.0667. The van der Waals surface area contributed by atoms with Gasteiger partial charge in [0, 0.05) is 12.7 Å². The monoisotopic (exact) mass is 233 g/mol. The molecule has 0 saturated heterocycles. The fourth-order valence-corrected chi connectivity index (χ4v) is 1.78. The van der Waals surface area contributed by atoms with Gasteiger partial charge in [-0.3, -0.25) is 0 Å². The van der Waals surface area contributed by atoms with Crippen LogP contribution in [0, 0.1) is 22.7 Å². The number of rotatable bonds is 2. The Morgan fingerprint density at radius 3 is 2.44 bits per heavy atom. The molecule has 2 rings (SSSR count). The lowest BCUT2D eigenvalue weighted by Gasteiger charge is -2.20. The third kappa shape index (κ3) is 2.16. The summed E-state index contributed by atoms with van der Waals surface area (Å²) in [6.45, 7) is 0. The summed E-state index contributed by atoms with van der Waals surface area (Å²) in [7, 11) is 1.88. The molecule has 0 aliphatic rings. The summed E-state index contributed by atoms with van der Waals surface area (Å²) in [4.78, 5) is 1.90. The molecule has 0 fully saturated rings. The van der Waals surface area contributed by atoms with Crippen molar-refractivity contribution in [2.24, 2.45) is 0 Å². The molecule has 0 unspecified atom stereocenters. The van der Waals surface area contributed by atoms with E-state index < -0.39 is 0 Å². The Balaban J connectivity index is 2.45. The Morgan fingerprint density at radius 2 is 1.72 bits per heavy atom. The molecule has 0 heterocycles. The first kappa shape index (κ1) is 11.7. The van der Waals surface area contributed by atoms with Gasteiger partial charge < -0.3 is 4.90 Å². The van der Waals surface area contributed by atoms with Crippen LogP contribution in [0.1, 0.15) is 11.1 Å². The third-order valence-electron chi connectivity index (χ3n) is 2.75. The van der Waals surface area contributed by atoms with E-state index in [0.29, 0.717) is 11.1 Å². The topological polar surface area (TPSA) is 50.8 Å². The first-order chi connectivity index (χ1) is 8.76. The summed E-state index contributed by atoms with van der Waals surface area (Å²) in [5, 5.41) is 18.0. The van der Waals surface area contributed by atoms with Crippen molar-refractivity contribution in [3.05, 3.63) is 59.7 Å². The molecule has 3 heteroatoms. The van der Waals surface area contributed by atoms with Crippen LogP contribution >= 0.6 is 0 Å². The van der Waals surface area contributed by atoms with Gasteiger partial charge in [-0.15, -0.1) is 0 Å². The Hall–Kier alpha value is -2.78. The number of hydrogen-bond acceptors (Lipinski definition) is 3. The summed E-state index contributed by atoms with van der Waals surface area (Å²) in [6.07, 6.45) is 0. The van der Waals surface area contributed by atoms with Gasteiger partial charge in [0.15, 0.2) is 0 Å². The largest absolute Gasteiger partial charge is 0.344 e. The van der Waals surface area contributed by atoms with Gasteiger partial charge in [0.05, 0.1) is 22.9 Å². The van der Waals surface area contributed by atoms with E-state index in [2.05, 4.69) is 12.1 Å². The van der Waals surface area contributed by atoms with Crippen molar-refractivity contribution in [3.8, 4) is 12.1 Å². The molecule has 0 aliphatic heterocycles. The molecule has 0 saturated carbocycles. The molecule has 18 heavy (non-hydrogen) atoms. The smallest absolute Gasteiger partial charge is 0.101 e. The molecule has 0 N–H and O–H groups in total. The van der Waals surface area contributed by atoms with E-state index in [0.717, 1.165) is 11.4 Å². The van der Waals surface area contributed by atoms with Gasteiger partial charge in [-0.25, -0.2) is 0 Å². The summed E-state index contributed by atoms with van der Waals surface area (Å²) in [5.74, 6) is 0. The summed E-state index contributed by atoms with van der Waals surface area (Å²) < 4.78 is 0. The minimum atomic E-state index is 0.605. The number of benzene rings is 2. The minimum absolute atomic E-state index is 0.605. The zero-order valence-electron chi connectivity index (χ0n) is 9.96. The van der Waals surface area contributed by atoms with Crippen LogP contribution in [0.15, 0.2) is 48.5 Å². The second-order valence-electron chi connectivity index (χ2n) is 3.85. The van der Waals surface area contributed by atoms with Crippen molar-refractivity contribution in [3.63, 3.8) is 0 Å². The first-order valence-electron chi connectivity index (χ1n) is 5.49. The molecule has 0 atom stereocenters. The molecule has 2 aromatic carbocycles. The number of anilines is 2. The molecule has 0 spiro atoms. The van der Waals surface area contributed by atoms with Crippen LogP contribution in [0.2, 0.25) is 0 Å². The molecule has 3 nitrogen and oxygen atoms in total. The van der Waals surface area contributed by atoms with E-state index in [1.165, 1.54) is 0 Å². The van der Waals surface area contributed by atoms with E-state index in [1.54, 1.807) is 18.2 Å². The lowest BCUT2D eigenvalue weighted by atomic mass is 10.1. The fourth-order valence-electron chi connectivity index (χ4n) is 1.78. The number of hydrogen-bond donors (Lipinski definition) is 0. The maximum absolute atomic E-state index is 9.09. The van der Waals surface area contributed by atoms with Gasteiger partial charge in [0.25, 0.3) is 0 Å². The predicted molar refractivity (Wildman–Crippen MR) is 70.4 cm³/mol. The maximum atomic E-state index is 9.09. The highest BCUT2D eigenvalue weighted by atomic mass is 15.1. The van der Waals surface area contributed by atoms with Gasteiger partial charge >= 0.3 is 0 Å². The van der Waals surface area contributed by atoms with Crippen LogP contribution in [-0.4, -0.2) is 7.05 Å². The Kier molecular flexibility index (Phi) is 3.27. The van der Waals surface area contributed by atoms with Crippen LogP contribution in [0.4, 0.5) is 11.4 Å². The lowest BCUT2D eigenvalue weighted by Crippen LogP contribution is -2.10. The number of nitrogens with zero attached hydrogens (tertiary/aromatic N) is 3. The molecule has 0 amide bonds. The highest BCUT2D eigenvalue weighted by Crippen LogP contribution is 2.26. The van der Waals surface area contributed by atoms with Crippen molar-refractivity contribution in [1.82, 2.24) is 0 Å². The quantitative estimate of drug-likeness (QED) is 0.800. The Morgan fingerprint density at radius 1 is 0.944 bits per heavy atom. The minimum Gasteiger partial charge on any atom is -0.344 e. The molecule has 0 aliphatic carbocycles. The van der Waals surface area contributed by atoms with Crippen molar-refractivity contribution < 1.29 is 0 Å². The van der Waals surface area contributed by atoms with Gasteiger partial charge in [-0.1, -0.05) is 18.2 Å². The summed E-state index contributed by atoms with van der Waals surface area (Å²) >= 11 is 0. The van der Waals surface area contributed by atoms with Crippen LogP contribution < -0.4 is 4.90 Å². The Labute approximate surface area is 106 Å². The molecule has 0 bridgehead atoms. The van der Waals surface area contributed by atoms with E-state index >= 15 is 0 Å². The van der Waals surface area contributed by atoms with Crippen LogP contribution in [0.25, 0.3) is 0 Å². The van der Waals surface area contributed by atoms with Crippen LogP contribution in [-0.2, 0) is 0 Å². The predicted octanol–water partition coefficient (Wildman–Crippen LogP) is 3.20.